The fourth-order valence-corrected chi connectivity index (χ4v) is 3.39. The number of aromatic nitrogens is 5. The van der Waals surface area contributed by atoms with Gasteiger partial charge in [-0.05, 0) is 31.0 Å². The molecule has 150 valence electrons. The van der Waals surface area contributed by atoms with E-state index in [1.807, 2.05) is 30.3 Å². The lowest BCUT2D eigenvalue weighted by atomic mass is 10.1. The number of benzene rings is 1. The second kappa shape index (κ2) is 7.11. The monoisotopic (exact) mass is 401 g/mol. The van der Waals surface area contributed by atoms with Crippen molar-refractivity contribution in [3.8, 4) is 16.9 Å². The average molecular weight is 401 g/mol. The van der Waals surface area contributed by atoms with Crippen molar-refractivity contribution < 1.29 is 9.59 Å². The number of nitrogens with zero attached hydrogens (tertiary/aromatic N) is 4. The van der Waals surface area contributed by atoms with E-state index in [-0.39, 0.29) is 17.7 Å². The van der Waals surface area contributed by atoms with Crippen molar-refractivity contribution in [3.63, 3.8) is 0 Å². The predicted molar refractivity (Wildman–Crippen MR) is 111 cm³/mol. The van der Waals surface area contributed by atoms with Crippen LogP contribution in [0.2, 0.25) is 0 Å². The second-order valence-corrected chi connectivity index (χ2v) is 7.20. The quantitative estimate of drug-likeness (QED) is 0.475. The molecule has 9 heteroatoms. The molecule has 3 N–H and O–H groups in total. The topological polar surface area (TPSA) is 118 Å². The fraction of sp³-hybridized carbons (Fsp3) is 0.190. The van der Waals surface area contributed by atoms with Gasteiger partial charge in [-0.15, -0.1) is 0 Å². The molecule has 2 amide bonds. The molecule has 1 saturated carbocycles. The first-order valence-corrected chi connectivity index (χ1v) is 9.66. The SMILES string of the molecule is CNC(=O)c1cnc(NC(=O)C2CC2)c2[nH]c(-c3cccc(-n4nccn4)c3)cc12. The predicted octanol–water partition coefficient (Wildman–Crippen LogP) is 2.52. The molecule has 1 fully saturated rings. The molecule has 3 aromatic heterocycles. The van der Waals surface area contributed by atoms with E-state index in [4.69, 9.17) is 0 Å². The maximum absolute atomic E-state index is 12.4. The number of hydrogen-bond donors (Lipinski definition) is 3. The van der Waals surface area contributed by atoms with Crippen LogP contribution < -0.4 is 10.6 Å². The summed E-state index contributed by atoms with van der Waals surface area (Å²) in [6, 6.07) is 9.61. The highest BCUT2D eigenvalue weighted by molar-refractivity contribution is 6.11. The summed E-state index contributed by atoms with van der Waals surface area (Å²) in [7, 11) is 1.57. The number of H-pyrrole nitrogens is 1. The average Bonchev–Trinajstić information content (AvgIpc) is 3.29. The van der Waals surface area contributed by atoms with Crippen LogP contribution in [0.15, 0.2) is 48.9 Å². The van der Waals surface area contributed by atoms with E-state index in [9.17, 15) is 9.59 Å². The van der Waals surface area contributed by atoms with Gasteiger partial charge in [0.2, 0.25) is 5.91 Å². The van der Waals surface area contributed by atoms with E-state index in [1.54, 1.807) is 19.4 Å². The summed E-state index contributed by atoms with van der Waals surface area (Å²) in [5.41, 5.74) is 3.54. The Balaban J connectivity index is 1.62. The molecule has 9 nitrogen and oxygen atoms in total. The third kappa shape index (κ3) is 3.20. The fourth-order valence-electron chi connectivity index (χ4n) is 3.39. The molecule has 5 rings (SSSR count). The minimum atomic E-state index is -0.243. The molecule has 0 saturated heterocycles. The van der Waals surface area contributed by atoms with Gasteiger partial charge in [0, 0.05) is 35.8 Å². The first-order valence-electron chi connectivity index (χ1n) is 9.66. The standard InChI is InChI=1S/C21H19N7O2/c1-22-21(30)16-11-23-19(27-20(29)12-5-6-12)18-15(16)10-17(26-18)13-3-2-4-14(9-13)28-24-7-8-25-28/h2-4,7-12,26H,5-6H2,1H3,(H,22,30)(H,23,27,29). The molecule has 4 aromatic rings. The first-order chi connectivity index (χ1) is 14.6. The van der Waals surface area contributed by atoms with Crippen LogP contribution in [0.25, 0.3) is 27.8 Å². The number of carbonyl (C=O) groups excluding carboxylic acids is 2. The highest BCUT2D eigenvalue weighted by Gasteiger charge is 2.30. The molecule has 0 unspecified atom stereocenters. The molecule has 0 radical (unpaired) electrons. The molecule has 1 aliphatic rings. The van der Waals surface area contributed by atoms with Crippen molar-refractivity contribution in [2.24, 2.45) is 5.92 Å². The number of amides is 2. The Bertz CT molecular complexity index is 1260. The van der Waals surface area contributed by atoms with Gasteiger partial charge in [0.1, 0.15) is 0 Å². The molecular formula is C21H19N7O2. The minimum Gasteiger partial charge on any atom is -0.355 e. The van der Waals surface area contributed by atoms with Crippen LogP contribution >= 0.6 is 0 Å². The Kier molecular flexibility index (Phi) is 4.27. The van der Waals surface area contributed by atoms with E-state index in [2.05, 4.69) is 30.8 Å². The number of nitrogens with one attached hydrogen (secondary N) is 3. The van der Waals surface area contributed by atoms with E-state index in [0.717, 1.165) is 29.8 Å². The molecule has 0 atom stereocenters. The summed E-state index contributed by atoms with van der Waals surface area (Å²) in [5.74, 6) is 0.186. The van der Waals surface area contributed by atoms with Crippen LogP contribution in [-0.2, 0) is 4.79 Å². The van der Waals surface area contributed by atoms with Crippen LogP contribution in [0.4, 0.5) is 5.82 Å². The zero-order chi connectivity index (χ0) is 20.7. The maximum Gasteiger partial charge on any atom is 0.253 e. The summed E-state index contributed by atoms with van der Waals surface area (Å²) < 4.78 is 0. The lowest BCUT2D eigenvalue weighted by molar-refractivity contribution is -0.117. The number of hydrogen-bond acceptors (Lipinski definition) is 5. The van der Waals surface area contributed by atoms with Gasteiger partial charge >= 0.3 is 0 Å². The van der Waals surface area contributed by atoms with E-state index >= 15 is 0 Å². The smallest absolute Gasteiger partial charge is 0.253 e. The Labute approximate surface area is 171 Å². The molecular weight excluding hydrogens is 382 g/mol. The van der Waals surface area contributed by atoms with Crippen molar-refractivity contribution in [3.05, 3.63) is 54.5 Å². The Hall–Kier alpha value is -4.01. The Morgan fingerprint density at radius 3 is 2.70 bits per heavy atom. The van der Waals surface area contributed by atoms with Crippen LogP contribution in [0.5, 0.6) is 0 Å². The molecule has 1 aromatic carbocycles. The lowest BCUT2D eigenvalue weighted by Crippen LogP contribution is -2.19. The van der Waals surface area contributed by atoms with Gasteiger partial charge in [-0.3, -0.25) is 9.59 Å². The van der Waals surface area contributed by atoms with Gasteiger partial charge in [0.25, 0.3) is 5.91 Å². The molecule has 3 heterocycles. The zero-order valence-electron chi connectivity index (χ0n) is 16.2. The molecule has 30 heavy (non-hydrogen) atoms. The first kappa shape index (κ1) is 18.0. The van der Waals surface area contributed by atoms with Crippen LogP contribution in [0.1, 0.15) is 23.2 Å². The number of rotatable bonds is 5. The number of anilines is 1. The van der Waals surface area contributed by atoms with Gasteiger partial charge in [-0.25, -0.2) is 4.98 Å². The largest absolute Gasteiger partial charge is 0.355 e. The van der Waals surface area contributed by atoms with Gasteiger partial charge in [0.05, 0.1) is 29.2 Å². The third-order valence-corrected chi connectivity index (χ3v) is 5.14. The van der Waals surface area contributed by atoms with Gasteiger partial charge in [0.15, 0.2) is 5.82 Å². The van der Waals surface area contributed by atoms with E-state index in [0.29, 0.717) is 22.3 Å². The summed E-state index contributed by atoms with van der Waals surface area (Å²) in [4.78, 5) is 33.9. The second-order valence-electron chi connectivity index (χ2n) is 7.20. The van der Waals surface area contributed by atoms with Gasteiger partial charge in [-0.1, -0.05) is 12.1 Å². The Morgan fingerprint density at radius 2 is 1.97 bits per heavy atom. The Morgan fingerprint density at radius 1 is 1.17 bits per heavy atom. The number of pyridine rings is 1. The number of carbonyl (C=O) groups is 2. The number of aromatic amines is 1. The van der Waals surface area contributed by atoms with Crippen molar-refractivity contribution >= 4 is 28.5 Å². The van der Waals surface area contributed by atoms with Crippen molar-refractivity contribution in [2.45, 2.75) is 12.8 Å². The lowest BCUT2D eigenvalue weighted by Gasteiger charge is -2.07. The highest BCUT2D eigenvalue weighted by atomic mass is 16.2. The minimum absolute atomic E-state index is 0.0422. The van der Waals surface area contributed by atoms with Crippen LogP contribution in [0, 0.1) is 5.92 Å². The van der Waals surface area contributed by atoms with Crippen molar-refractivity contribution in [1.29, 1.82) is 0 Å². The molecule has 1 aliphatic carbocycles. The number of fused-ring (bicyclic) bond motifs is 1. The van der Waals surface area contributed by atoms with Crippen molar-refractivity contribution in [1.82, 2.24) is 30.3 Å². The normalized spacial score (nSPS) is 13.4. The van der Waals surface area contributed by atoms with Crippen LogP contribution in [-0.4, -0.2) is 43.8 Å². The maximum atomic E-state index is 12.4. The molecule has 0 bridgehead atoms. The third-order valence-electron chi connectivity index (χ3n) is 5.14. The summed E-state index contributed by atoms with van der Waals surface area (Å²) in [6.45, 7) is 0. The van der Waals surface area contributed by atoms with Crippen LogP contribution in [0.3, 0.4) is 0 Å². The zero-order valence-corrected chi connectivity index (χ0v) is 16.2. The highest BCUT2D eigenvalue weighted by Crippen LogP contribution is 2.33. The van der Waals surface area contributed by atoms with Crippen molar-refractivity contribution in [2.75, 3.05) is 12.4 Å². The molecule has 0 spiro atoms. The summed E-state index contributed by atoms with van der Waals surface area (Å²) in [5, 5.41) is 14.6. The van der Waals surface area contributed by atoms with E-state index in [1.165, 1.54) is 11.0 Å². The van der Waals surface area contributed by atoms with Gasteiger partial charge in [-0.2, -0.15) is 15.0 Å². The summed E-state index contributed by atoms with van der Waals surface area (Å²) >= 11 is 0. The molecule has 0 aliphatic heterocycles. The summed E-state index contributed by atoms with van der Waals surface area (Å²) in [6.07, 6.45) is 6.52. The van der Waals surface area contributed by atoms with Gasteiger partial charge < -0.3 is 15.6 Å². The van der Waals surface area contributed by atoms with E-state index < -0.39 is 0 Å².